The highest BCUT2D eigenvalue weighted by Crippen LogP contribution is 2.21. The number of nitrogens with zero attached hydrogens (tertiary/aromatic N) is 2. The van der Waals surface area contributed by atoms with Crippen molar-refractivity contribution in [3.8, 4) is 0 Å². The molecule has 0 fully saturated rings. The van der Waals surface area contributed by atoms with E-state index in [0.29, 0.717) is 12.4 Å². The molecule has 0 unspecified atom stereocenters. The molecule has 0 aliphatic heterocycles. The van der Waals surface area contributed by atoms with Crippen molar-refractivity contribution in [3.63, 3.8) is 0 Å². The molecule has 0 bridgehead atoms. The SMILES string of the molecule is CCCNC(=O)CNc1ncnc(Cl)c1N. The lowest BCUT2D eigenvalue weighted by molar-refractivity contribution is -0.119. The van der Waals surface area contributed by atoms with Crippen LogP contribution in [-0.4, -0.2) is 29.0 Å². The van der Waals surface area contributed by atoms with Crippen LogP contribution in [0.15, 0.2) is 6.33 Å². The third-order valence-corrected chi connectivity index (χ3v) is 2.13. The van der Waals surface area contributed by atoms with Gasteiger partial charge in [-0.25, -0.2) is 9.97 Å². The number of hydrogen-bond acceptors (Lipinski definition) is 5. The summed E-state index contributed by atoms with van der Waals surface area (Å²) < 4.78 is 0. The lowest BCUT2D eigenvalue weighted by Gasteiger charge is -2.08. The maximum absolute atomic E-state index is 11.3. The zero-order valence-electron chi connectivity index (χ0n) is 8.96. The molecule has 1 rings (SSSR count). The molecule has 0 saturated carbocycles. The van der Waals surface area contributed by atoms with Gasteiger partial charge in [0, 0.05) is 6.54 Å². The number of nitrogen functional groups attached to an aromatic ring is 1. The first-order valence-corrected chi connectivity index (χ1v) is 5.29. The van der Waals surface area contributed by atoms with Gasteiger partial charge in [-0.3, -0.25) is 4.79 Å². The van der Waals surface area contributed by atoms with Gasteiger partial charge in [0.15, 0.2) is 11.0 Å². The highest BCUT2D eigenvalue weighted by Gasteiger charge is 2.06. The average Bonchev–Trinajstić information content (AvgIpc) is 2.28. The topological polar surface area (TPSA) is 92.9 Å². The second-order valence-electron chi connectivity index (χ2n) is 3.13. The van der Waals surface area contributed by atoms with Crippen LogP contribution in [0.1, 0.15) is 13.3 Å². The van der Waals surface area contributed by atoms with Crippen LogP contribution in [-0.2, 0) is 4.79 Å². The van der Waals surface area contributed by atoms with Gasteiger partial charge < -0.3 is 16.4 Å². The number of carbonyl (C=O) groups excluding carboxylic acids is 1. The van der Waals surface area contributed by atoms with E-state index in [0.717, 1.165) is 6.42 Å². The lowest BCUT2D eigenvalue weighted by Crippen LogP contribution is -2.30. The van der Waals surface area contributed by atoms with E-state index in [2.05, 4.69) is 20.6 Å². The predicted molar refractivity (Wildman–Crippen MR) is 63.2 cm³/mol. The smallest absolute Gasteiger partial charge is 0.239 e. The van der Waals surface area contributed by atoms with E-state index in [9.17, 15) is 4.79 Å². The van der Waals surface area contributed by atoms with Gasteiger partial charge in [0.05, 0.1) is 6.54 Å². The minimum absolute atomic E-state index is 0.109. The Bertz CT molecular complexity index is 371. The number of halogens is 1. The first-order valence-electron chi connectivity index (χ1n) is 4.91. The van der Waals surface area contributed by atoms with Crippen LogP contribution in [0.3, 0.4) is 0 Å². The lowest BCUT2D eigenvalue weighted by atomic mass is 10.4. The molecule has 4 N–H and O–H groups in total. The largest absolute Gasteiger partial charge is 0.393 e. The molecule has 88 valence electrons. The Hall–Kier alpha value is -1.56. The Kier molecular flexibility index (Phi) is 4.78. The summed E-state index contributed by atoms with van der Waals surface area (Å²) in [6.45, 7) is 2.74. The molecular weight excluding hydrogens is 230 g/mol. The van der Waals surface area contributed by atoms with Crippen molar-refractivity contribution < 1.29 is 4.79 Å². The van der Waals surface area contributed by atoms with Crippen molar-refractivity contribution in [3.05, 3.63) is 11.5 Å². The molecule has 1 aromatic heterocycles. The Labute approximate surface area is 98.6 Å². The molecule has 0 spiro atoms. The standard InChI is InChI=1S/C9H14ClN5O/c1-2-3-12-6(16)4-13-9-7(11)8(10)14-5-15-9/h5H,2-4,11H2,1H3,(H,12,16)(H,13,14,15). The number of carbonyl (C=O) groups is 1. The van der Waals surface area contributed by atoms with E-state index in [1.54, 1.807) is 0 Å². The van der Waals surface area contributed by atoms with Gasteiger partial charge in [0.1, 0.15) is 12.0 Å². The zero-order chi connectivity index (χ0) is 12.0. The van der Waals surface area contributed by atoms with E-state index < -0.39 is 0 Å². The molecule has 0 aliphatic rings. The fourth-order valence-corrected chi connectivity index (χ4v) is 1.14. The van der Waals surface area contributed by atoms with Crippen molar-refractivity contribution in [1.29, 1.82) is 0 Å². The molecule has 0 atom stereocenters. The van der Waals surface area contributed by atoms with Gasteiger partial charge >= 0.3 is 0 Å². The summed E-state index contributed by atoms with van der Waals surface area (Å²) >= 11 is 5.70. The molecule has 0 saturated heterocycles. The summed E-state index contributed by atoms with van der Waals surface area (Å²) in [6, 6.07) is 0. The van der Waals surface area contributed by atoms with Gasteiger partial charge in [0.2, 0.25) is 5.91 Å². The molecule has 0 radical (unpaired) electrons. The Morgan fingerprint density at radius 1 is 1.56 bits per heavy atom. The van der Waals surface area contributed by atoms with E-state index in [1.165, 1.54) is 6.33 Å². The minimum Gasteiger partial charge on any atom is -0.393 e. The zero-order valence-corrected chi connectivity index (χ0v) is 9.71. The van der Waals surface area contributed by atoms with Crippen LogP contribution >= 0.6 is 11.6 Å². The summed E-state index contributed by atoms with van der Waals surface area (Å²) in [5.74, 6) is 0.252. The average molecular weight is 244 g/mol. The van der Waals surface area contributed by atoms with E-state index in [4.69, 9.17) is 17.3 Å². The summed E-state index contributed by atoms with van der Waals surface area (Å²) in [7, 11) is 0. The number of anilines is 2. The molecular formula is C9H14ClN5O. The van der Waals surface area contributed by atoms with E-state index in [-0.39, 0.29) is 23.3 Å². The van der Waals surface area contributed by atoms with Crippen LogP contribution in [0, 0.1) is 0 Å². The van der Waals surface area contributed by atoms with Crippen LogP contribution in [0.25, 0.3) is 0 Å². The Balaban J connectivity index is 2.48. The van der Waals surface area contributed by atoms with Gasteiger partial charge in [-0.15, -0.1) is 0 Å². The van der Waals surface area contributed by atoms with Crippen molar-refractivity contribution >= 4 is 29.0 Å². The second kappa shape index (κ2) is 6.12. The van der Waals surface area contributed by atoms with Crippen molar-refractivity contribution in [2.24, 2.45) is 0 Å². The van der Waals surface area contributed by atoms with Crippen molar-refractivity contribution in [2.45, 2.75) is 13.3 Å². The minimum atomic E-state index is -0.115. The number of nitrogens with one attached hydrogen (secondary N) is 2. The maximum atomic E-state index is 11.3. The van der Waals surface area contributed by atoms with Gasteiger partial charge in [-0.05, 0) is 6.42 Å². The van der Waals surface area contributed by atoms with Crippen LogP contribution in [0.5, 0.6) is 0 Å². The Morgan fingerprint density at radius 3 is 3.00 bits per heavy atom. The number of amides is 1. The third kappa shape index (κ3) is 3.54. The van der Waals surface area contributed by atoms with E-state index >= 15 is 0 Å². The van der Waals surface area contributed by atoms with Gasteiger partial charge in [-0.2, -0.15) is 0 Å². The fraction of sp³-hybridized carbons (Fsp3) is 0.444. The number of aromatic nitrogens is 2. The molecule has 1 heterocycles. The summed E-state index contributed by atoms with van der Waals surface area (Å²) in [5, 5.41) is 5.68. The van der Waals surface area contributed by atoms with Crippen LogP contribution in [0.4, 0.5) is 11.5 Å². The Morgan fingerprint density at radius 2 is 2.31 bits per heavy atom. The number of hydrogen-bond donors (Lipinski definition) is 3. The molecule has 1 aromatic rings. The highest BCUT2D eigenvalue weighted by atomic mass is 35.5. The fourth-order valence-electron chi connectivity index (χ4n) is 1.01. The normalized spacial score (nSPS) is 9.88. The molecule has 7 heteroatoms. The summed E-state index contributed by atoms with van der Waals surface area (Å²) in [4.78, 5) is 18.9. The summed E-state index contributed by atoms with van der Waals surface area (Å²) in [6.07, 6.45) is 2.18. The number of nitrogens with two attached hydrogens (primary N) is 1. The monoisotopic (exact) mass is 243 g/mol. The van der Waals surface area contributed by atoms with E-state index in [1.807, 2.05) is 6.92 Å². The molecule has 6 nitrogen and oxygen atoms in total. The van der Waals surface area contributed by atoms with Gasteiger partial charge in [0.25, 0.3) is 0 Å². The first-order chi connectivity index (χ1) is 7.65. The van der Waals surface area contributed by atoms with Gasteiger partial charge in [-0.1, -0.05) is 18.5 Å². The molecule has 1 amide bonds. The quantitative estimate of drug-likeness (QED) is 0.661. The van der Waals surface area contributed by atoms with Crippen LogP contribution < -0.4 is 16.4 Å². The summed E-state index contributed by atoms with van der Waals surface area (Å²) in [5.41, 5.74) is 5.86. The molecule has 16 heavy (non-hydrogen) atoms. The van der Waals surface area contributed by atoms with Crippen LogP contribution in [0.2, 0.25) is 5.15 Å². The van der Waals surface area contributed by atoms with Crippen molar-refractivity contribution in [2.75, 3.05) is 24.1 Å². The van der Waals surface area contributed by atoms with Crippen molar-refractivity contribution in [1.82, 2.24) is 15.3 Å². The number of rotatable bonds is 5. The maximum Gasteiger partial charge on any atom is 0.239 e. The third-order valence-electron chi connectivity index (χ3n) is 1.82. The first kappa shape index (κ1) is 12.5. The highest BCUT2D eigenvalue weighted by molar-refractivity contribution is 6.32. The predicted octanol–water partition coefficient (Wildman–Crippen LogP) is 0.650. The molecule has 0 aromatic carbocycles. The molecule has 0 aliphatic carbocycles. The second-order valence-corrected chi connectivity index (χ2v) is 3.49.